The van der Waals surface area contributed by atoms with Gasteiger partial charge in [-0.25, -0.2) is 0 Å². The van der Waals surface area contributed by atoms with Crippen molar-refractivity contribution in [2.45, 2.75) is 37.8 Å². The lowest BCUT2D eigenvalue weighted by Gasteiger charge is -2.17. The van der Waals surface area contributed by atoms with Crippen LogP contribution in [-0.4, -0.2) is 34.5 Å². The van der Waals surface area contributed by atoms with Gasteiger partial charge in [0.15, 0.2) is 5.69 Å². The van der Waals surface area contributed by atoms with E-state index in [-0.39, 0.29) is 17.9 Å². The Balaban J connectivity index is 1.35. The fraction of sp³-hybridized carbons (Fsp3) is 0.389. The van der Waals surface area contributed by atoms with E-state index in [1.165, 1.54) is 0 Å². The van der Waals surface area contributed by atoms with E-state index in [1.807, 2.05) is 30.3 Å². The van der Waals surface area contributed by atoms with Crippen LogP contribution < -0.4 is 5.32 Å². The topological polar surface area (TPSA) is 75.4 Å². The van der Waals surface area contributed by atoms with Gasteiger partial charge >= 0.3 is 0 Å². The molecule has 1 N–H and O–H groups in total. The van der Waals surface area contributed by atoms with Crippen molar-refractivity contribution < 1.29 is 14.1 Å². The Morgan fingerprint density at radius 3 is 2.83 bits per heavy atom. The molecule has 2 aliphatic rings. The molecule has 1 aliphatic heterocycles. The number of hydrogen-bond donors (Lipinski definition) is 1. The molecule has 0 radical (unpaired) electrons. The van der Waals surface area contributed by atoms with Crippen molar-refractivity contribution in [2.24, 2.45) is 0 Å². The Kier molecular flexibility index (Phi) is 3.80. The van der Waals surface area contributed by atoms with Crippen LogP contribution in [0.25, 0.3) is 0 Å². The summed E-state index contributed by atoms with van der Waals surface area (Å²) in [5, 5.41) is 6.73. The highest BCUT2D eigenvalue weighted by atomic mass is 16.5. The van der Waals surface area contributed by atoms with E-state index < -0.39 is 0 Å². The number of amides is 2. The molecule has 2 amide bonds. The Morgan fingerprint density at radius 1 is 1.29 bits per heavy atom. The predicted molar refractivity (Wildman–Crippen MR) is 86.2 cm³/mol. The zero-order chi connectivity index (χ0) is 16.5. The first-order chi connectivity index (χ1) is 11.7. The highest BCUT2D eigenvalue weighted by Crippen LogP contribution is 2.40. The van der Waals surface area contributed by atoms with Crippen LogP contribution in [0.4, 0.5) is 0 Å². The molecule has 124 valence electrons. The first-order valence-corrected chi connectivity index (χ1v) is 8.28. The van der Waals surface area contributed by atoms with Crippen molar-refractivity contribution in [1.82, 2.24) is 15.4 Å². The SMILES string of the molecule is O=C(NC1CC(=O)N(Cc2ccccc2)C1)c1cc(C2CC2)on1. The minimum absolute atomic E-state index is 0.0583. The summed E-state index contributed by atoms with van der Waals surface area (Å²) in [6, 6.07) is 11.4. The van der Waals surface area contributed by atoms with Crippen molar-refractivity contribution in [2.75, 3.05) is 6.54 Å². The van der Waals surface area contributed by atoms with Gasteiger partial charge in [0.25, 0.3) is 5.91 Å². The summed E-state index contributed by atoms with van der Waals surface area (Å²) < 4.78 is 5.21. The van der Waals surface area contributed by atoms with Crippen LogP contribution in [0.2, 0.25) is 0 Å². The van der Waals surface area contributed by atoms with Gasteiger partial charge in [0, 0.05) is 31.5 Å². The summed E-state index contributed by atoms with van der Waals surface area (Å²) in [5.41, 5.74) is 1.38. The number of carbonyl (C=O) groups is 2. The first-order valence-electron chi connectivity index (χ1n) is 8.28. The second-order valence-electron chi connectivity index (χ2n) is 6.52. The summed E-state index contributed by atoms with van der Waals surface area (Å²) in [6.07, 6.45) is 2.52. The lowest BCUT2D eigenvalue weighted by Crippen LogP contribution is -2.37. The Hall–Kier alpha value is -2.63. The lowest BCUT2D eigenvalue weighted by molar-refractivity contribution is -0.128. The normalized spacial score (nSPS) is 20.4. The third-order valence-electron chi connectivity index (χ3n) is 4.51. The average Bonchev–Trinajstić information content (AvgIpc) is 3.21. The Labute approximate surface area is 139 Å². The lowest BCUT2D eigenvalue weighted by atomic mass is 10.2. The number of rotatable bonds is 5. The summed E-state index contributed by atoms with van der Waals surface area (Å²) >= 11 is 0. The van der Waals surface area contributed by atoms with E-state index in [0.717, 1.165) is 24.2 Å². The van der Waals surface area contributed by atoms with Gasteiger partial charge in [0.1, 0.15) is 5.76 Å². The van der Waals surface area contributed by atoms with Gasteiger partial charge in [-0.15, -0.1) is 0 Å². The van der Waals surface area contributed by atoms with E-state index in [1.54, 1.807) is 11.0 Å². The number of aromatic nitrogens is 1. The van der Waals surface area contributed by atoms with E-state index >= 15 is 0 Å². The molecule has 2 fully saturated rings. The minimum atomic E-state index is -0.273. The molecule has 24 heavy (non-hydrogen) atoms. The van der Waals surface area contributed by atoms with E-state index in [0.29, 0.717) is 31.1 Å². The molecule has 2 aromatic rings. The molecule has 2 heterocycles. The predicted octanol–water partition coefficient (Wildman–Crippen LogP) is 2.08. The molecule has 1 aromatic carbocycles. The summed E-state index contributed by atoms with van der Waals surface area (Å²) in [6.45, 7) is 1.09. The van der Waals surface area contributed by atoms with Crippen LogP contribution in [0.5, 0.6) is 0 Å². The van der Waals surface area contributed by atoms with Gasteiger partial charge in [-0.2, -0.15) is 0 Å². The fourth-order valence-electron chi connectivity index (χ4n) is 3.04. The maximum atomic E-state index is 12.3. The molecular weight excluding hydrogens is 306 g/mol. The molecule has 1 unspecified atom stereocenters. The number of nitrogens with one attached hydrogen (secondary N) is 1. The monoisotopic (exact) mass is 325 g/mol. The quantitative estimate of drug-likeness (QED) is 0.913. The summed E-state index contributed by atoms with van der Waals surface area (Å²) in [4.78, 5) is 26.2. The second kappa shape index (κ2) is 6.11. The number of carbonyl (C=O) groups excluding carboxylic acids is 2. The number of nitrogens with zero attached hydrogens (tertiary/aromatic N) is 2. The van der Waals surface area contributed by atoms with Gasteiger partial charge in [-0.1, -0.05) is 35.5 Å². The average molecular weight is 325 g/mol. The molecule has 1 aromatic heterocycles. The van der Waals surface area contributed by atoms with Crippen LogP contribution in [0.15, 0.2) is 40.9 Å². The van der Waals surface area contributed by atoms with Crippen molar-refractivity contribution in [3.63, 3.8) is 0 Å². The van der Waals surface area contributed by atoms with Crippen LogP contribution >= 0.6 is 0 Å². The van der Waals surface area contributed by atoms with Gasteiger partial charge in [0.2, 0.25) is 5.91 Å². The molecule has 0 spiro atoms. The smallest absolute Gasteiger partial charge is 0.273 e. The van der Waals surface area contributed by atoms with E-state index in [2.05, 4.69) is 10.5 Å². The molecule has 1 saturated carbocycles. The van der Waals surface area contributed by atoms with Crippen LogP contribution in [-0.2, 0) is 11.3 Å². The van der Waals surface area contributed by atoms with Crippen LogP contribution in [0.1, 0.15) is 47.0 Å². The zero-order valence-electron chi connectivity index (χ0n) is 13.3. The van der Waals surface area contributed by atoms with Gasteiger partial charge < -0.3 is 14.7 Å². The number of hydrogen-bond acceptors (Lipinski definition) is 4. The van der Waals surface area contributed by atoms with Gasteiger partial charge in [-0.3, -0.25) is 9.59 Å². The van der Waals surface area contributed by atoms with Gasteiger partial charge in [-0.05, 0) is 18.4 Å². The number of likely N-dealkylation sites (tertiary alicyclic amines) is 1. The highest BCUT2D eigenvalue weighted by molar-refractivity contribution is 5.93. The maximum Gasteiger partial charge on any atom is 0.273 e. The Bertz CT molecular complexity index is 752. The minimum Gasteiger partial charge on any atom is -0.360 e. The fourth-order valence-corrected chi connectivity index (χ4v) is 3.04. The van der Waals surface area contributed by atoms with E-state index in [4.69, 9.17) is 4.52 Å². The summed E-state index contributed by atoms with van der Waals surface area (Å²) in [7, 11) is 0. The maximum absolute atomic E-state index is 12.3. The molecule has 6 heteroatoms. The van der Waals surface area contributed by atoms with Crippen LogP contribution in [0.3, 0.4) is 0 Å². The van der Waals surface area contributed by atoms with Crippen LogP contribution in [0, 0.1) is 0 Å². The third-order valence-corrected chi connectivity index (χ3v) is 4.51. The first kappa shape index (κ1) is 14.9. The van der Waals surface area contributed by atoms with Crippen molar-refractivity contribution >= 4 is 11.8 Å². The molecular formula is C18H19N3O3. The Morgan fingerprint density at radius 2 is 2.08 bits per heavy atom. The zero-order valence-corrected chi connectivity index (χ0v) is 13.3. The standard InChI is InChI=1S/C18H19N3O3/c22-17-8-14(11-21(17)10-12-4-2-1-3-5-12)19-18(23)15-9-16(24-20-15)13-6-7-13/h1-5,9,13-14H,6-8,10-11H2,(H,19,23). The van der Waals surface area contributed by atoms with Crippen molar-refractivity contribution in [1.29, 1.82) is 0 Å². The third kappa shape index (κ3) is 3.18. The van der Waals surface area contributed by atoms with E-state index in [9.17, 15) is 9.59 Å². The molecule has 4 rings (SSSR count). The largest absolute Gasteiger partial charge is 0.360 e. The summed E-state index contributed by atoms with van der Waals surface area (Å²) in [5.74, 6) is 0.995. The molecule has 0 bridgehead atoms. The molecule has 1 aliphatic carbocycles. The highest BCUT2D eigenvalue weighted by Gasteiger charge is 2.32. The van der Waals surface area contributed by atoms with Crippen molar-refractivity contribution in [3.05, 3.63) is 53.4 Å². The van der Waals surface area contributed by atoms with Gasteiger partial charge in [0.05, 0.1) is 6.04 Å². The number of benzene rings is 1. The molecule has 1 atom stereocenters. The molecule has 6 nitrogen and oxygen atoms in total. The molecule has 1 saturated heterocycles. The second-order valence-corrected chi connectivity index (χ2v) is 6.52. The van der Waals surface area contributed by atoms with Crippen molar-refractivity contribution in [3.8, 4) is 0 Å².